The van der Waals surface area contributed by atoms with E-state index in [-0.39, 0.29) is 12.4 Å². The number of hydrogen-bond donors (Lipinski definition) is 1. The normalized spacial score (nSPS) is 15.4. The van der Waals surface area contributed by atoms with Gasteiger partial charge >= 0.3 is 10.1 Å². The molecule has 202 valence electrons. The third-order valence-electron chi connectivity index (χ3n) is 6.97. The van der Waals surface area contributed by atoms with Crippen molar-refractivity contribution in [2.45, 2.75) is 32.7 Å². The van der Waals surface area contributed by atoms with Gasteiger partial charge in [-0.1, -0.05) is 54.6 Å². The minimum atomic E-state index is -3.61. The molecule has 1 saturated heterocycles. The number of allylic oxidation sites excluding steroid dienone is 1. The highest BCUT2D eigenvalue weighted by Gasteiger charge is 2.20. The van der Waals surface area contributed by atoms with Gasteiger partial charge in [-0.3, -0.25) is 4.90 Å². The summed E-state index contributed by atoms with van der Waals surface area (Å²) in [4.78, 5) is 4.95. The zero-order valence-corrected chi connectivity index (χ0v) is 23.3. The molecule has 0 unspecified atom stereocenters. The molecule has 0 saturated carbocycles. The summed E-state index contributed by atoms with van der Waals surface area (Å²) >= 11 is 0. The van der Waals surface area contributed by atoms with Crippen LogP contribution in [0.25, 0.3) is 11.1 Å². The SMILES string of the molecule is CC(C)N1CCN(c2ccc(C(=C(CCCO)c3ccccc3)c3ccc(OS(C)(=O)=O)cc3)cc2)CC1. The molecule has 1 N–H and O–H groups in total. The van der Waals surface area contributed by atoms with Crippen molar-refractivity contribution in [1.82, 2.24) is 4.90 Å². The number of piperazine rings is 1. The van der Waals surface area contributed by atoms with Crippen LogP contribution in [0.5, 0.6) is 5.75 Å². The maximum absolute atomic E-state index is 11.6. The molecular weight excluding hydrogens is 496 g/mol. The summed E-state index contributed by atoms with van der Waals surface area (Å²) in [7, 11) is -3.61. The molecule has 38 heavy (non-hydrogen) atoms. The second-order valence-electron chi connectivity index (χ2n) is 10.0. The van der Waals surface area contributed by atoms with Crippen LogP contribution in [0, 0.1) is 0 Å². The molecule has 1 heterocycles. The quantitative estimate of drug-likeness (QED) is 0.282. The Labute approximate surface area is 227 Å². The molecule has 0 bridgehead atoms. The number of aliphatic hydroxyl groups is 1. The lowest BCUT2D eigenvalue weighted by Crippen LogP contribution is -2.48. The Morgan fingerprint density at radius 3 is 1.95 bits per heavy atom. The molecule has 6 nitrogen and oxygen atoms in total. The lowest BCUT2D eigenvalue weighted by molar-refractivity contribution is 0.209. The van der Waals surface area contributed by atoms with Crippen molar-refractivity contribution >= 4 is 27.0 Å². The topological polar surface area (TPSA) is 70.1 Å². The summed E-state index contributed by atoms with van der Waals surface area (Å²) in [6.45, 7) is 8.74. The van der Waals surface area contributed by atoms with E-state index in [2.05, 4.69) is 60.0 Å². The molecule has 0 aliphatic carbocycles. The standard InChI is InChI=1S/C31H38N2O4S/c1-24(2)32-19-21-33(22-20-32)28-15-11-26(12-16-28)31(27-13-17-29(18-14-27)37-38(3,35)36)30(10-7-23-34)25-8-5-4-6-9-25/h4-6,8-9,11-18,24,34H,7,10,19-23H2,1-3H3. The van der Waals surface area contributed by atoms with E-state index in [1.165, 1.54) is 5.69 Å². The fraction of sp³-hybridized carbons (Fsp3) is 0.355. The molecule has 7 heteroatoms. The molecule has 3 aromatic rings. The summed E-state index contributed by atoms with van der Waals surface area (Å²) in [5.41, 5.74) is 6.54. The first-order valence-corrected chi connectivity index (χ1v) is 15.1. The molecule has 1 fully saturated rings. The number of anilines is 1. The van der Waals surface area contributed by atoms with Gasteiger partial charge in [-0.15, -0.1) is 0 Å². The molecule has 1 aliphatic rings. The smallest absolute Gasteiger partial charge is 0.306 e. The number of benzene rings is 3. The van der Waals surface area contributed by atoms with Gasteiger partial charge < -0.3 is 14.2 Å². The maximum atomic E-state index is 11.6. The van der Waals surface area contributed by atoms with Crippen LogP contribution >= 0.6 is 0 Å². The van der Waals surface area contributed by atoms with Crippen molar-refractivity contribution in [3.05, 3.63) is 95.6 Å². The van der Waals surface area contributed by atoms with Crippen molar-refractivity contribution in [2.75, 3.05) is 43.9 Å². The van der Waals surface area contributed by atoms with Crippen molar-refractivity contribution < 1.29 is 17.7 Å². The summed E-state index contributed by atoms with van der Waals surface area (Å²) in [6, 6.07) is 26.7. The van der Waals surface area contributed by atoms with Gasteiger partial charge in [0.2, 0.25) is 0 Å². The van der Waals surface area contributed by atoms with Gasteiger partial charge in [-0.25, -0.2) is 0 Å². The highest BCUT2D eigenvalue weighted by atomic mass is 32.2. The largest absolute Gasteiger partial charge is 0.396 e. The van der Waals surface area contributed by atoms with Crippen molar-refractivity contribution in [3.63, 3.8) is 0 Å². The van der Waals surface area contributed by atoms with Gasteiger partial charge in [0.25, 0.3) is 0 Å². The van der Waals surface area contributed by atoms with E-state index in [0.717, 1.165) is 60.3 Å². The first-order chi connectivity index (χ1) is 18.2. The highest BCUT2D eigenvalue weighted by Crippen LogP contribution is 2.36. The minimum absolute atomic E-state index is 0.103. The van der Waals surface area contributed by atoms with E-state index in [1.807, 2.05) is 30.3 Å². The van der Waals surface area contributed by atoms with Gasteiger partial charge in [0.15, 0.2) is 0 Å². The van der Waals surface area contributed by atoms with Gasteiger partial charge in [-0.05, 0) is 78.8 Å². The minimum Gasteiger partial charge on any atom is -0.396 e. The third-order valence-corrected chi connectivity index (χ3v) is 7.46. The second-order valence-corrected chi connectivity index (χ2v) is 11.6. The monoisotopic (exact) mass is 534 g/mol. The van der Waals surface area contributed by atoms with E-state index < -0.39 is 10.1 Å². The predicted octanol–water partition coefficient (Wildman–Crippen LogP) is 5.29. The summed E-state index contributed by atoms with van der Waals surface area (Å²) in [5, 5.41) is 9.66. The van der Waals surface area contributed by atoms with Crippen LogP contribution in [0.2, 0.25) is 0 Å². The third kappa shape index (κ3) is 7.25. The Morgan fingerprint density at radius 1 is 0.842 bits per heavy atom. The van der Waals surface area contributed by atoms with Crippen molar-refractivity contribution in [3.8, 4) is 5.75 Å². The molecule has 4 rings (SSSR count). The second kappa shape index (κ2) is 12.6. The van der Waals surface area contributed by atoms with Crippen molar-refractivity contribution in [2.24, 2.45) is 0 Å². The maximum Gasteiger partial charge on any atom is 0.306 e. The van der Waals surface area contributed by atoms with Crippen LogP contribution in [0.15, 0.2) is 78.9 Å². The molecule has 0 aromatic heterocycles. The Kier molecular flexibility index (Phi) is 9.26. The van der Waals surface area contributed by atoms with Crippen LogP contribution in [0.4, 0.5) is 5.69 Å². The Morgan fingerprint density at radius 2 is 1.42 bits per heavy atom. The number of nitrogens with zero attached hydrogens (tertiary/aromatic N) is 2. The summed E-state index contributed by atoms with van der Waals surface area (Å²) < 4.78 is 28.3. The summed E-state index contributed by atoms with van der Waals surface area (Å²) in [6.07, 6.45) is 2.39. The zero-order valence-electron chi connectivity index (χ0n) is 22.5. The molecule has 0 spiro atoms. The molecule has 1 aliphatic heterocycles. The van der Waals surface area contributed by atoms with Crippen molar-refractivity contribution in [1.29, 1.82) is 0 Å². The molecule has 0 radical (unpaired) electrons. The van der Waals surface area contributed by atoms with E-state index in [1.54, 1.807) is 12.1 Å². The molecular formula is C31H38N2O4S. The van der Waals surface area contributed by atoms with E-state index in [9.17, 15) is 13.5 Å². The first kappa shape index (κ1) is 27.9. The molecule has 0 amide bonds. The van der Waals surface area contributed by atoms with Crippen LogP contribution < -0.4 is 9.08 Å². The average Bonchev–Trinajstić information content (AvgIpc) is 2.91. The fourth-order valence-corrected chi connectivity index (χ4v) is 5.47. The van der Waals surface area contributed by atoms with Gasteiger partial charge in [0.1, 0.15) is 5.75 Å². The van der Waals surface area contributed by atoms with Crippen LogP contribution in [0.3, 0.4) is 0 Å². The summed E-state index contributed by atoms with van der Waals surface area (Å²) in [5.74, 6) is 0.281. The lowest BCUT2D eigenvalue weighted by Gasteiger charge is -2.38. The number of rotatable bonds is 10. The lowest BCUT2D eigenvalue weighted by atomic mass is 9.87. The van der Waals surface area contributed by atoms with Gasteiger partial charge in [-0.2, -0.15) is 8.42 Å². The van der Waals surface area contributed by atoms with Gasteiger partial charge in [0.05, 0.1) is 6.26 Å². The highest BCUT2D eigenvalue weighted by molar-refractivity contribution is 7.86. The van der Waals surface area contributed by atoms with E-state index in [0.29, 0.717) is 18.9 Å². The van der Waals surface area contributed by atoms with E-state index in [4.69, 9.17) is 4.18 Å². The Bertz CT molecular complexity index is 1310. The van der Waals surface area contributed by atoms with Gasteiger partial charge in [0, 0.05) is 44.5 Å². The number of aliphatic hydroxyl groups excluding tert-OH is 1. The van der Waals surface area contributed by atoms with Crippen LogP contribution in [-0.4, -0.2) is 63.5 Å². The first-order valence-electron chi connectivity index (χ1n) is 13.2. The van der Waals surface area contributed by atoms with Crippen LogP contribution in [0.1, 0.15) is 43.4 Å². The molecule has 3 aromatic carbocycles. The zero-order chi connectivity index (χ0) is 27.1. The predicted molar refractivity (Wildman–Crippen MR) is 156 cm³/mol. The Hall–Kier alpha value is -3.13. The molecule has 0 atom stereocenters. The van der Waals surface area contributed by atoms with Crippen LogP contribution in [-0.2, 0) is 10.1 Å². The fourth-order valence-electron chi connectivity index (χ4n) is 5.01. The average molecular weight is 535 g/mol. The van der Waals surface area contributed by atoms with E-state index >= 15 is 0 Å². The number of hydrogen-bond acceptors (Lipinski definition) is 6. The Balaban J connectivity index is 1.73.